The minimum Gasteiger partial charge on any atom is -0.294 e. The highest BCUT2D eigenvalue weighted by molar-refractivity contribution is 6.30. The van der Waals surface area contributed by atoms with Crippen molar-refractivity contribution < 1.29 is 9.59 Å². The number of nitrogens with zero attached hydrogens (tertiary/aromatic N) is 2. The van der Waals surface area contributed by atoms with Crippen molar-refractivity contribution in [1.82, 2.24) is 9.97 Å². The van der Waals surface area contributed by atoms with Gasteiger partial charge < -0.3 is 0 Å². The summed E-state index contributed by atoms with van der Waals surface area (Å²) < 4.78 is 0. The molecule has 1 aliphatic rings. The van der Waals surface area contributed by atoms with Crippen LogP contribution in [0.25, 0.3) is 0 Å². The Labute approximate surface area is 161 Å². The molecule has 0 spiro atoms. The maximum Gasteiger partial charge on any atom is 0.258 e. The summed E-state index contributed by atoms with van der Waals surface area (Å²) in [6, 6.07) is 16.4. The van der Waals surface area contributed by atoms with Crippen LogP contribution >= 0.6 is 11.6 Å². The van der Waals surface area contributed by atoms with Gasteiger partial charge in [-0.3, -0.25) is 14.9 Å². The SMILES string of the molecule is O=C(Nc1ncc2c(n1)C[C@@H](c1ccc(Cl)cc1)CC2=O)c1ccccc1. The summed E-state index contributed by atoms with van der Waals surface area (Å²) in [7, 11) is 0. The van der Waals surface area contributed by atoms with E-state index in [-0.39, 0.29) is 23.6 Å². The molecule has 0 bridgehead atoms. The third-order valence-corrected chi connectivity index (χ3v) is 4.89. The first-order chi connectivity index (χ1) is 13.1. The second-order valence-corrected chi connectivity index (χ2v) is 6.89. The van der Waals surface area contributed by atoms with Crippen molar-refractivity contribution >= 4 is 29.2 Å². The fraction of sp³-hybridized carbons (Fsp3) is 0.143. The molecule has 5 nitrogen and oxygen atoms in total. The summed E-state index contributed by atoms with van der Waals surface area (Å²) in [4.78, 5) is 33.4. The molecule has 1 heterocycles. The van der Waals surface area contributed by atoms with Crippen molar-refractivity contribution in [2.45, 2.75) is 18.8 Å². The predicted octanol–water partition coefficient (Wildman–Crippen LogP) is 4.30. The van der Waals surface area contributed by atoms with Gasteiger partial charge in [0.05, 0.1) is 11.3 Å². The highest BCUT2D eigenvalue weighted by atomic mass is 35.5. The quantitative estimate of drug-likeness (QED) is 0.738. The number of anilines is 1. The van der Waals surface area contributed by atoms with Crippen LogP contribution in [0.5, 0.6) is 0 Å². The Hall–Kier alpha value is -3.05. The second-order valence-electron chi connectivity index (χ2n) is 6.45. The number of aromatic nitrogens is 2. The first kappa shape index (κ1) is 17.4. The molecule has 2 aromatic carbocycles. The van der Waals surface area contributed by atoms with Gasteiger partial charge >= 0.3 is 0 Å². The average molecular weight is 378 g/mol. The Morgan fingerprint density at radius 1 is 1.04 bits per heavy atom. The van der Waals surface area contributed by atoms with Gasteiger partial charge in [0.2, 0.25) is 5.95 Å². The lowest BCUT2D eigenvalue weighted by atomic mass is 9.82. The number of fused-ring (bicyclic) bond motifs is 1. The van der Waals surface area contributed by atoms with Crippen molar-refractivity contribution in [1.29, 1.82) is 0 Å². The number of Topliss-reactive ketones (excluding diaryl/α,β-unsaturated/α-hetero) is 1. The Morgan fingerprint density at radius 2 is 1.78 bits per heavy atom. The highest BCUT2D eigenvalue weighted by Gasteiger charge is 2.28. The maximum atomic E-state index is 12.5. The van der Waals surface area contributed by atoms with Crippen LogP contribution in [0.2, 0.25) is 5.02 Å². The zero-order chi connectivity index (χ0) is 18.8. The number of nitrogens with one attached hydrogen (secondary N) is 1. The molecular formula is C21H16ClN3O2. The third-order valence-electron chi connectivity index (χ3n) is 4.64. The molecule has 4 rings (SSSR count). The molecule has 6 heteroatoms. The third kappa shape index (κ3) is 3.73. The van der Waals surface area contributed by atoms with Crippen molar-refractivity contribution in [2.75, 3.05) is 5.32 Å². The fourth-order valence-electron chi connectivity index (χ4n) is 3.24. The molecule has 3 aromatic rings. The van der Waals surface area contributed by atoms with Gasteiger partial charge in [0.15, 0.2) is 5.78 Å². The zero-order valence-electron chi connectivity index (χ0n) is 14.4. The normalized spacial score (nSPS) is 15.9. The van der Waals surface area contributed by atoms with Gasteiger partial charge in [-0.1, -0.05) is 41.9 Å². The minimum atomic E-state index is -0.285. The first-order valence-electron chi connectivity index (χ1n) is 8.61. The van der Waals surface area contributed by atoms with Gasteiger partial charge in [0.1, 0.15) is 0 Å². The smallest absolute Gasteiger partial charge is 0.258 e. The molecule has 134 valence electrons. The number of benzene rings is 2. The molecule has 0 aliphatic heterocycles. The van der Waals surface area contributed by atoms with Crippen LogP contribution in [0.3, 0.4) is 0 Å². The first-order valence-corrected chi connectivity index (χ1v) is 8.99. The molecule has 0 saturated heterocycles. The van der Waals surface area contributed by atoms with E-state index < -0.39 is 0 Å². The number of hydrogen-bond acceptors (Lipinski definition) is 4. The van der Waals surface area contributed by atoms with E-state index in [9.17, 15) is 9.59 Å². The molecule has 1 atom stereocenters. The Bertz CT molecular complexity index is 1000. The average Bonchev–Trinajstić information content (AvgIpc) is 2.69. The summed E-state index contributed by atoms with van der Waals surface area (Å²) in [6.07, 6.45) is 2.52. The van der Waals surface area contributed by atoms with Gasteiger partial charge in [-0.2, -0.15) is 0 Å². The van der Waals surface area contributed by atoms with Crippen molar-refractivity contribution in [2.24, 2.45) is 0 Å². The van der Waals surface area contributed by atoms with E-state index in [1.165, 1.54) is 6.20 Å². The molecular weight excluding hydrogens is 362 g/mol. The number of halogens is 1. The molecule has 0 radical (unpaired) electrons. The van der Waals surface area contributed by atoms with E-state index >= 15 is 0 Å². The van der Waals surface area contributed by atoms with Crippen LogP contribution in [-0.4, -0.2) is 21.7 Å². The summed E-state index contributed by atoms with van der Waals surface area (Å²) in [5, 5.41) is 3.36. The molecule has 1 amide bonds. The second kappa shape index (κ2) is 7.29. The maximum absolute atomic E-state index is 12.5. The summed E-state index contributed by atoms with van der Waals surface area (Å²) in [5.74, 6) is -0.0360. The largest absolute Gasteiger partial charge is 0.294 e. The van der Waals surface area contributed by atoms with Gasteiger partial charge in [-0.15, -0.1) is 0 Å². The number of amides is 1. The number of carbonyl (C=O) groups is 2. The van der Waals surface area contributed by atoms with Crippen molar-refractivity contribution in [3.63, 3.8) is 0 Å². The van der Waals surface area contributed by atoms with E-state index in [2.05, 4.69) is 15.3 Å². The van der Waals surface area contributed by atoms with Gasteiger partial charge in [0, 0.05) is 23.2 Å². The van der Waals surface area contributed by atoms with E-state index in [1.807, 2.05) is 30.3 Å². The van der Waals surface area contributed by atoms with E-state index in [4.69, 9.17) is 11.6 Å². The lowest BCUT2D eigenvalue weighted by molar-refractivity contribution is 0.0962. The van der Waals surface area contributed by atoms with Crippen LogP contribution < -0.4 is 5.32 Å². The Balaban J connectivity index is 1.57. The number of carbonyl (C=O) groups excluding carboxylic acids is 2. The standard InChI is InChI=1S/C21H16ClN3O2/c22-16-8-6-13(7-9-16)15-10-18-17(19(26)11-15)12-23-21(24-18)25-20(27)14-4-2-1-3-5-14/h1-9,12,15H,10-11H2,(H,23,24,25,27)/t15-/m1/s1. The molecule has 27 heavy (non-hydrogen) atoms. The molecule has 0 unspecified atom stereocenters. The van der Waals surface area contributed by atoms with Crippen molar-refractivity contribution in [3.8, 4) is 0 Å². The minimum absolute atomic E-state index is 0.0112. The molecule has 1 aromatic heterocycles. The van der Waals surface area contributed by atoms with Crippen LogP contribution in [0.15, 0.2) is 60.8 Å². The topological polar surface area (TPSA) is 72.0 Å². The van der Waals surface area contributed by atoms with E-state index in [0.717, 1.165) is 5.56 Å². The molecule has 1 N–H and O–H groups in total. The van der Waals surface area contributed by atoms with Crippen LogP contribution in [0, 0.1) is 0 Å². The molecule has 1 aliphatic carbocycles. The highest BCUT2D eigenvalue weighted by Crippen LogP contribution is 2.32. The predicted molar refractivity (Wildman–Crippen MR) is 103 cm³/mol. The number of rotatable bonds is 3. The van der Waals surface area contributed by atoms with E-state index in [0.29, 0.717) is 34.7 Å². The number of ketones is 1. The lowest BCUT2D eigenvalue weighted by Crippen LogP contribution is -2.22. The fourth-order valence-corrected chi connectivity index (χ4v) is 3.37. The van der Waals surface area contributed by atoms with Crippen LogP contribution in [0.4, 0.5) is 5.95 Å². The van der Waals surface area contributed by atoms with Gasteiger partial charge in [-0.25, -0.2) is 9.97 Å². The zero-order valence-corrected chi connectivity index (χ0v) is 15.1. The summed E-state index contributed by atoms with van der Waals surface area (Å²) in [5.41, 5.74) is 2.75. The summed E-state index contributed by atoms with van der Waals surface area (Å²) in [6.45, 7) is 0. The van der Waals surface area contributed by atoms with Crippen LogP contribution in [-0.2, 0) is 6.42 Å². The Morgan fingerprint density at radius 3 is 2.52 bits per heavy atom. The monoisotopic (exact) mass is 377 g/mol. The van der Waals surface area contributed by atoms with Gasteiger partial charge in [-0.05, 0) is 42.2 Å². The van der Waals surface area contributed by atoms with Gasteiger partial charge in [0.25, 0.3) is 5.91 Å². The van der Waals surface area contributed by atoms with Crippen molar-refractivity contribution in [3.05, 3.63) is 88.2 Å². The number of hydrogen-bond donors (Lipinski definition) is 1. The van der Waals surface area contributed by atoms with Crippen LogP contribution in [0.1, 0.15) is 44.3 Å². The molecule has 0 fully saturated rings. The molecule has 0 saturated carbocycles. The van der Waals surface area contributed by atoms with E-state index in [1.54, 1.807) is 24.3 Å². The Kier molecular flexibility index (Phi) is 4.69. The lowest BCUT2D eigenvalue weighted by Gasteiger charge is -2.23. The summed E-state index contributed by atoms with van der Waals surface area (Å²) >= 11 is 5.95.